The van der Waals surface area contributed by atoms with Gasteiger partial charge in [-0.1, -0.05) is 0 Å². The number of carbonyl (C=O) groups excluding carboxylic acids is 1. The van der Waals surface area contributed by atoms with Crippen molar-refractivity contribution in [1.82, 2.24) is 5.32 Å². The predicted molar refractivity (Wildman–Crippen MR) is 57.5 cm³/mol. The second-order valence-corrected chi connectivity index (χ2v) is 4.13. The summed E-state index contributed by atoms with van der Waals surface area (Å²) >= 11 is 0. The third kappa shape index (κ3) is 1.65. The molecule has 0 spiro atoms. The van der Waals surface area contributed by atoms with Crippen molar-refractivity contribution in [1.29, 1.82) is 0 Å². The summed E-state index contributed by atoms with van der Waals surface area (Å²) in [6.07, 6.45) is 1.28. The highest BCUT2D eigenvalue weighted by atomic mass is 16.5. The summed E-state index contributed by atoms with van der Waals surface area (Å²) in [5.41, 5.74) is 1.59. The van der Waals surface area contributed by atoms with Crippen LogP contribution in [0.4, 0.5) is 0 Å². The van der Waals surface area contributed by atoms with E-state index in [4.69, 9.17) is 9.47 Å². The van der Waals surface area contributed by atoms with E-state index < -0.39 is 0 Å². The summed E-state index contributed by atoms with van der Waals surface area (Å²) < 4.78 is 10.7. The number of fused-ring (bicyclic) bond motifs is 1. The van der Waals surface area contributed by atoms with E-state index in [0.717, 1.165) is 30.8 Å². The van der Waals surface area contributed by atoms with Crippen molar-refractivity contribution >= 4 is 5.97 Å². The van der Waals surface area contributed by atoms with E-state index in [0.29, 0.717) is 12.2 Å². The Morgan fingerprint density at radius 3 is 3.19 bits per heavy atom. The minimum absolute atomic E-state index is 0.232. The van der Waals surface area contributed by atoms with E-state index in [1.807, 2.05) is 12.1 Å². The zero-order valence-electron chi connectivity index (χ0n) is 8.86. The molecule has 0 saturated carbocycles. The molecule has 1 saturated heterocycles. The summed E-state index contributed by atoms with van der Waals surface area (Å²) in [4.78, 5) is 11.2. The van der Waals surface area contributed by atoms with Gasteiger partial charge < -0.3 is 14.8 Å². The Hall–Kier alpha value is -1.55. The van der Waals surface area contributed by atoms with Crippen LogP contribution in [0.2, 0.25) is 0 Å². The van der Waals surface area contributed by atoms with Crippen molar-refractivity contribution in [3.63, 3.8) is 0 Å². The third-order valence-electron chi connectivity index (χ3n) is 2.97. The Labute approximate surface area is 93.5 Å². The number of nitrogens with one attached hydrogen (secondary N) is 1. The molecule has 2 aliphatic heterocycles. The number of ether oxygens (including phenoxy) is 2. The molecule has 2 heterocycles. The van der Waals surface area contributed by atoms with Gasteiger partial charge in [0.2, 0.25) is 0 Å². The molecule has 3 rings (SSSR count). The Balaban J connectivity index is 1.79. The number of cyclic esters (lactones) is 1. The van der Waals surface area contributed by atoms with E-state index in [1.54, 1.807) is 6.07 Å². The quantitative estimate of drug-likeness (QED) is 0.757. The zero-order chi connectivity index (χ0) is 11.0. The average Bonchev–Trinajstić information content (AvgIpc) is 2.90. The lowest BCUT2D eigenvalue weighted by Crippen LogP contribution is -2.19. The van der Waals surface area contributed by atoms with Crippen LogP contribution in [0.5, 0.6) is 5.75 Å². The Bertz CT molecular complexity index is 424. The molecule has 1 aromatic rings. The molecule has 16 heavy (non-hydrogen) atoms. The average molecular weight is 219 g/mol. The van der Waals surface area contributed by atoms with Crippen LogP contribution in [0.15, 0.2) is 18.2 Å². The second kappa shape index (κ2) is 3.79. The maximum absolute atomic E-state index is 11.2. The number of hydrogen-bond donors (Lipinski definition) is 1. The highest BCUT2D eigenvalue weighted by Crippen LogP contribution is 2.25. The summed E-state index contributed by atoms with van der Waals surface area (Å²) in [6.45, 7) is 2.28. The first kappa shape index (κ1) is 9.66. The molecular formula is C12H13NO3. The molecule has 4 heteroatoms. The molecular weight excluding hydrogens is 206 g/mol. The van der Waals surface area contributed by atoms with Gasteiger partial charge >= 0.3 is 5.97 Å². The summed E-state index contributed by atoms with van der Waals surface area (Å²) in [5.74, 6) is 0.592. The number of carbonyl (C=O) groups is 1. The highest BCUT2D eigenvalue weighted by Gasteiger charge is 2.22. The number of esters is 1. The van der Waals surface area contributed by atoms with E-state index >= 15 is 0 Å². The topological polar surface area (TPSA) is 47.6 Å². The number of benzene rings is 1. The predicted octanol–water partition coefficient (Wildman–Crippen LogP) is 1.10. The van der Waals surface area contributed by atoms with Gasteiger partial charge in [0.15, 0.2) is 0 Å². The fraction of sp³-hybridized carbons (Fsp3) is 0.417. The zero-order valence-corrected chi connectivity index (χ0v) is 8.86. The standard InChI is InChI=1S/C12H13NO3/c14-12-11-2-1-9(5-8(11)7-15-12)16-10-3-4-13-6-10/h1-2,5,10,13H,3-4,6-7H2/t10-/m1/s1. The molecule has 84 valence electrons. The van der Waals surface area contributed by atoms with E-state index in [1.165, 1.54) is 0 Å². The van der Waals surface area contributed by atoms with Gasteiger partial charge in [-0.2, -0.15) is 0 Å². The number of rotatable bonds is 2. The summed E-state index contributed by atoms with van der Waals surface area (Å²) in [7, 11) is 0. The van der Waals surface area contributed by atoms with Gasteiger partial charge in [-0.05, 0) is 31.2 Å². The molecule has 0 aromatic heterocycles. The van der Waals surface area contributed by atoms with Gasteiger partial charge in [0, 0.05) is 12.1 Å². The lowest BCUT2D eigenvalue weighted by molar-refractivity contribution is 0.0535. The van der Waals surface area contributed by atoms with Gasteiger partial charge in [0.05, 0.1) is 5.56 Å². The molecule has 0 bridgehead atoms. The van der Waals surface area contributed by atoms with Gasteiger partial charge in [-0.25, -0.2) is 4.79 Å². The number of hydrogen-bond acceptors (Lipinski definition) is 4. The molecule has 0 radical (unpaired) electrons. The molecule has 1 fully saturated rings. The normalized spacial score (nSPS) is 23.0. The Kier molecular flexibility index (Phi) is 2.29. The monoisotopic (exact) mass is 219 g/mol. The van der Waals surface area contributed by atoms with Crippen molar-refractivity contribution in [2.75, 3.05) is 13.1 Å². The molecule has 1 aromatic carbocycles. The molecule has 1 atom stereocenters. The Morgan fingerprint density at radius 1 is 1.44 bits per heavy atom. The Morgan fingerprint density at radius 2 is 2.38 bits per heavy atom. The van der Waals surface area contributed by atoms with Gasteiger partial charge in [-0.3, -0.25) is 0 Å². The van der Waals surface area contributed by atoms with Crippen molar-refractivity contribution in [3.8, 4) is 5.75 Å². The van der Waals surface area contributed by atoms with E-state index in [-0.39, 0.29) is 12.1 Å². The molecule has 4 nitrogen and oxygen atoms in total. The van der Waals surface area contributed by atoms with Crippen molar-refractivity contribution < 1.29 is 14.3 Å². The second-order valence-electron chi connectivity index (χ2n) is 4.13. The van der Waals surface area contributed by atoms with Crippen molar-refractivity contribution in [3.05, 3.63) is 29.3 Å². The molecule has 1 N–H and O–H groups in total. The van der Waals surface area contributed by atoms with Crippen LogP contribution in [0, 0.1) is 0 Å². The fourth-order valence-electron chi connectivity index (χ4n) is 2.10. The first-order chi connectivity index (χ1) is 7.83. The fourth-order valence-corrected chi connectivity index (χ4v) is 2.10. The third-order valence-corrected chi connectivity index (χ3v) is 2.97. The van der Waals surface area contributed by atoms with Crippen LogP contribution in [0.25, 0.3) is 0 Å². The summed E-state index contributed by atoms with van der Waals surface area (Å²) in [5, 5.41) is 3.25. The maximum Gasteiger partial charge on any atom is 0.338 e. The van der Waals surface area contributed by atoms with Crippen molar-refractivity contribution in [2.24, 2.45) is 0 Å². The highest BCUT2D eigenvalue weighted by molar-refractivity contribution is 5.93. The first-order valence-electron chi connectivity index (χ1n) is 5.50. The minimum Gasteiger partial charge on any atom is -0.489 e. The maximum atomic E-state index is 11.2. The minimum atomic E-state index is -0.232. The van der Waals surface area contributed by atoms with Crippen LogP contribution in [-0.4, -0.2) is 25.2 Å². The van der Waals surface area contributed by atoms with Crippen LogP contribution in [0.1, 0.15) is 22.3 Å². The van der Waals surface area contributed by atoms with Crippen LogP contribution in [0.3, 0.4) is 0 Å². The first-order valence-corrected chi connectivity index (χ1v) is 5.50. The lowest BCUT2D eigenvalue weighted by Gasteiger charge is -2.12. The van der Waals surface area contributed by atoms with Crippen molar-refractivity contribution in [2.45, 2.75) is 19.1 Å². The van der Waals surface area contributed by atoms with E-state index in [9.17, 15) is 4.79 Å². The summed E-state index contributed by atoms with van der Waals surface area (Å²) in [6, 6.07) is 5.52. The lowest BCUT2D eigenvalue weighted by atomic mass is 10.1. The molecule has 2 aliphatic rings. The van der Waals surface area contributed by atoms with Gasteiger partial charge in [-0.15, -0.1) is 0 Å². The van der Waals surface area contributed by atoms with Gasteiger partial charge in [0.25, 0.3) is 0 Å². The molecule has 0 aliphatic carbocycles. The van der Waals surface area contributed by atoms with Crippen LogP contribution in [-0.2, 0) is 11.3 Å². The van der Waals surface area contributed by atoms with Crippen LogP contribution < -0.4 is 10.1 Å². The molecule has 0 unspecified atom stereocenters. The smallest absolute Gasteiger partial charge is 0.338 e. The van der Waals surface area contributed by atoms with Gasteiger partial charge in [0.1, 0.15) is 18.5 Å². The van der Waals surface area contributed by atoms with E-state index in [2.05, 4.69) is 5.32 Å². The largest absolute Gasteiger partial charge is 0.489 e. The molecule has 0 amide bonds. The van der Waals surface area contributed by atoms with Crippen LogP contribution >= 0.6 is 0 Å². The SMILES string of the molecule is O=C1OCc2cc(O[C@@H]3CCNC3)ccc21.